The van der Waals surface area contributed by atoms with E-state index >= 15 is 0 Å². The molecule has 3 aromatic rings. The Balaban J connectivity index is 1.77. The van der Waals surface area contributed by atoms with Gasteiger partial charge in [-0.1, -0.05) is 30.3 Å². The van der Waals surface area contributed by atoms with Crippen LogP contribution < -0.4 is 10.1 Å². The molecule has 2 amide bonds. The Morgan fingerprint density at radius 3 is 2.57 bits per heavy atom. The maximum Gasteiger partial charge on any atom is 0.265 e. The molecule has 144 valence electrons. The molecule has 0 radical (unpaired) electrons. The number of methoxy groups -OCH3 is 1. The lowest BCUT2D eigenvalue weighted by Crippen LogP contribution is -2.30. The summed E-state index contributed by atoms with van der Waals surface area (Å²) in [5.74, 6) is 0.424. The van der Waals surface area contributed by atoms with Crippen LogP contribution >= 0.6 is 11.3 Å². The van der Waals surface area contributed by atoms with E-state index in [2.05, 4.69) is 5.32 Å². The molecule has 1 heterocycles. The first-order valence-corrected chi connectivity index (χ1v) is 9.74. The van der Waals surface area contributed by atoms with Crippen molar-refractivity contribution in [2.45, 2.75) is 13.0 Å². The predicted octanol–water partition coefficient (Wildman–Crippen LogP) is 4.84. The molecule has 0 aliphatic heterocycles. The molecule has 0 saturated carbocycles. The fraction of sp³-hybridized carbons (Fsp3) is 0.182. The van der Waals surface area contributed by atoms with E-state index in [1.807, 2.05) is 42.6 Å². The van der Waals surface area contributed by atoms with E-state index < -0.39 is 0 Å². The number of rotatable bonds is 6. The third-order valence-corrected chi connectivity index (χ3v) is 5.47. The van der Waals surface area contributed by atoms with E-state index in [-0.39, 0.29) is 17.9 Å². The fourth-order valence-corrected chi connectivity index (χ4v) is 3.55. The molecular weight excluding hydrogens is 372 g/mol. The number of thiophene rings is 1. The van der Waals surface area contributed by atoms with Crippen molar-refractivity contribution in [3.05, 3.63) is 82.0 Å². The van der Waals surface area contributed by atoms with E-state index in [9.17, 15) is 9.59 Å². The molecule has 1 N–H and O–H groups in total. The molecule has 28 heavy (non-hydrogen) atoms. The summed E-state index contributed by atoms with van der Waals surface area (Å²) in [6.45, 7) is 1.96. The largest absolute Gasteiger partial charge is 0.496 e. The van der Waals surface area contributed by atoms with Crippen molar-refractivity contribution < 1.29 is 14.3 Å². The maximum atomic E-state index is 13.0. The average molecular weight is 394 g/mol. The van der Waals surface area contributed by atoms with Crippen molar-refractivity contribution in [1.82, 2.24) is 4.90 Å². The van der Waals surface area contributed by atoms with Crippen LogP contribution in [0.3, 0.4) is 0 Å². The van der Waals surface area contributed by atoms with Crippen LogP contribution in [-0.4, -0.2) is 30.9 Å². The van der Waals surface area contributed by atoms with Crippen molar-refractivity contribution in [3.8, 4) is 5.75 Å². The summed E-state index contributed by atoms with van der Waals surface area (Å²) in [5.41, 5.74) is 2.03. The van der Waals surface area contributed by atoms with Gasteiger partial charge in [-0.3, -0.25) is 9.59 Å². The second-order valence-corrected chi connectivity index (χ2v) is 7.29. The van der Waals surface area contributed by atoms with E-state index in [1.54, 1.807) is 49.4 Å². The number of ether oxygens (including phenoxy) is 1. The molecular formula is C22H22N2O3S. The summed E-state index contributed by atoms with van der Waals surface area (Å²) in [6.07, 6.45) is 0. The van der Waals surface area contributed by atoms with E-state index in [0.29, 0.717) is 16.1 Å². The Morgan fingerprint density at radius 2 is 1.86 bits per heavy atom. The van der Waals surface area contributed by atoms with Crippen LogP contribution in [0.2, 0.25) is 0 Å². The first-order chi connectivity index (χ1) is 13.5. The van der Waals surface area contributed by atoms with Crippen molar-refractivity contribution in [2.75, 3.05) is 19.5 Å². The molecule has 0 saturated heterocycles. The highest BCUT2D eigenvalue weighted by molar-refractivity contribution is 7.12. The van der Waals surface area contributed by atoms with Gasteiger partial charge in [0.15, 0.2) is 0 Å². The summed E-state index contributed by atoms with van der Waals surface area (Å²) in [5, 5.41) is 4.69. The van der Waals surface area contributed by atoms with Crippen LogP contribution in [0.4, 0.5) is 5.69 Å². The number of carbonyl (C=O) groups is 2. The van der Waals surface area contributed by atoms with Gasteiger partial charge in [0, 0.05) is 23.9 Å². The van der Waals surface area contributed by atoms with Crippen molar-refractivity contribution in [3.63, 3.8) is 0 Å². The van der Waals surface area contributed by atoms with Crippen LogP contribution in [0.25, 0.3) is 0 Å². The molecule has 1 atom stereocenters. The maximum absolute atomic E-state index is 13.0. The van der Waals surface area contributed by atoms with Crippen LogP contribution in [0, 0.1) is 0 Å². The highest BCUT2D eigenvalue weighted by Crippen LogP contribution is 2.29. The van der Waals surface area contributed by atoms with E-state index in [4.69, 9.17) is 4.74 Å². The topological polar surface area (TPSA) is 58.6 Å². The quantitative estimate of drug-likeness (QED) is 0.651. The average Bonchev–Trinajstić information content (AvgIpc) is 3.27. The number of hydrogen-bond donors (Lipinski definition) is 1. The summed E-state index contributed by atoms with van der Waals surface area (Å²) in [6, 6.07) is 18.0. The number of carbonyl (C=O) groups excluding carboxylic acids is 2. The Kier molecular flexibility index (Phi) is 6.11. The lowest BCUT2D eigenvalue weighted by atomic mass is 10.0. The van der Waals surface area contributed by atoms with Gasteiger partial charge in [0.1, 0.15) is 5.75 Å². The summed E-state index contributed by atoms with van der Waals surface area (Å²) in [7, 11) is 3.38. The minimum atomic E-state index is -0.185. The van der Waals surface area contributed by atoms with Gasteiger partial charge in [0.25, 0.3) is 11.8 Å². The van der Waals surface area contributed by atoms with Gasteiger partial charge in [-0.2, -0.15) is 0 Å². The lowest BCUT2D eigenvalue weighted by molar-refractivity contribution is 0.0741. The SMILES string of the molecule is COc1ccccc1C(C)N(C)C(=O)c1cccc(NC(=O)c2cccs2)c1. The molecule has 1 unspecified atom stereocenters. The molecule has 6 heteroatoms. The highest BCUT2D eigenvalue weighted by Gasteiger charge is 2.21. The molecule has 1 aromatic heterocycles. The predicted molar refractivity (Wildman–Crippen MR) is 112 cm³/mol. The molecule has 0 aliphatic carbocycles. The first kappa shape index (κ1) is 19.6. The zero-order valence-electron chi connectivity index (χ0n) is 16.0. The highest BCUT2D eigenvalue weighted by atomic mass is 32.1. The Labute approximate surface area is 168 Å². The second kappa shape index (κ2) is 8.71. The number of anilines is 1. The normalized spacial score (nSPS) is 11.5. The molecule has 3 rings (SSSR count). The van der Waals surface area contributed by atoms with E-state index in [1.165, 1.54) is 11.3 Å². The number of para-hydroxylation sites is 1. The standard InChI is InChI=1S/C22H22N2O3S/c1-15(18-10-4-5-11-19(18)27-3)24(2)22(26)16-8-6-9-17(14-16)23-21(25)20-12-7-13-28-20/h4-15H,1-3H3,(H,23,25). The summed E-state index contributed by atoms with van der Waals surface area (Å²) < 4.78 is 5.42. The fourth-order valence-electron chi connectivity index (χ4n) is 2.93. The van der Waals surface area contributed by atoms with Gasteiger partial charge >= 0.3 is 0 Å². The van der Waals surface area contributed by atoms with E-state index in [0.717, 1.165) is 11.3 Å². The molecule has 0 spiro atoms. The van der Waals surface area contributed by atoms with Crippen LogP contribution in [0.1, 0.15) is 38.6 Å². The number of nitrogens with one attached hydrogen (secondary N) is 1. The summed E-state index contributed by atoms with van der Waals surface area (Å²) >= 11 is 1.37. The van der Waals surface area contributed by atoms with Gasteiger partial charge in [-0.15, -0.1) is 11.3 Å². The zero-order chi connectivity index (χ0) is 20.1. The molecule has 0 fully saturated rings. The van der Waals surface area contributed by atoms with Crippen molar-refractivity contribution in [2.24, 2.45) is 0 Å². The lowest BCUT2D eigenvalue weighted by Gasteiger charge is -2.26. The van der Waals surface area contributed by atoms with Crippen LogP contribution in [0.5, 0.6) is 5.75 Å². The second-order valence-electron chi connectivity index (χ2n) is 6.35. The van der Waals surface area contributed by atoms with Gasteiger partial charge in [0.2, 0.25) is 0 Å². The monoisotopic (exact) mass is 394 g/mol. The molecule has 0 bridgehead atoms. The Hall–Kier alpha value is -3.12. The summed E-state index contributed by atoms with van der Waals surface area (Å²) in [4.78, 5) is 27.5. The number of nitrogens with zero attached hydrogens (tertiary/aromatic N) is 1. The third-order valence-electron chi connectivity index (χ3n) is 4.60. The van der Waals surface area contributed by atoms with Gasteiger partial charge < -0.3 is 15.0 Å². The van der Waals surface area contributed by atoms with Gasteiger partial charge in [-0.25, -0.2) is 0 Å². The smallest absolute Gasteiger partial charge is 0.265 e. The van der Waals surface area contributed by atoms with Crippen LogP contribution in [0.15, 0.2) is 66.0 Å². The zero-order valence-corrected chi connectivity index (χ0v) is 16.8. The van der Waals surface area contributed by atoms with Gasteiger partial charge in [-0.05, 0) is 42.6 Å². The van der Waals surface area contributed by atoms with Crippen LogP contribution in [-0.2, 0) is 0 Å². The minimum absolute atomic E-state index is 0.134. The Bertz CT molecular complexity index is 969. The molecule has 0 aliphatic rings. The minimum Gasteiger partial charge on any atom is -0.496 e. The number of hydrogen-bond acceptors (Lipinski definition) is 4. The Morgan fingerprint density at radius 1 is 1.07 bits per heavy atom. The van der Waals surface area contributed by atoms with Crippen molar-refractivity contribution in [1.29, 1.82) is 0 Å². The number of amides is 2. The first-order valence-electron chi connectivity index (χ1n) is 8.86. The molecule has 2 aromatic carbocycles. The van der Waals surface area contributed by atoms with Crippen molar-refractivity contribution >= 4 is 28.8 Å². The third kappa shape index (κ3) is 4.23. The van der Waals surface area contributed by atoms with Gasteiger partial charge in [0.05, 0.1) is 18.0 Å². The number of benzene rings is 2. The molecule has 5 nitrogen and oxygen atoms in total.